The summed E-state index contributed by atoms with van der Waals surface area (Å²) < 4.78 is 68.8. The molecule has 0 aliphatic rings. The maximum Gasteiger partial charge on any atom is 0.344 e. The fourth-order valence-electron chi connectivity index (χ4n) is 3.40. The van der Waals surface area contributed by atoms with Crippen LogP contribution < -0.4 is 5.32 Å². The molecule has 0 aromatic heterocycles. The number of ether oxygens (including phenoxy) is 2. The molecule has 5 nitrogen and oxygen atoms in total. The first kappa shape index (κ1) is 25.5. The van der Waals surface area contributed by atoms with E-state index < -0.39 is 52.0 Å². The van der Waals surface area contributed by atoms with Crippen LogP contribution in [0.15, 0.2) is 66.7 Å². The quantitative estimate of drug-likeness (QED) is 0.254. The van der Waals surface area contributed by atoms with Crippen molar-refractivity contribution < 1.29 is 36.6 Å². The van der Waals surface area contributed by atoms with Gasteiger partial charge in [-0.2, -0.15) is 0 Å². The molecule has 3 rings (SSSR count). The summed E-state index contributed by atoms with van der Waals surface area (Å²) in [6.45, 7) is 1.43. The summed E-state index contributed by atoms with van der Waals surface area (Å²) in [4.78, 5) is 25.0. The zero-order chi connectivity index (χ0) is 25.6. The van der Waals surface area contributed by atoms with Crippen molar-refractivity contribution in [1.82, 2.24) is 0 Å². The second-order valence-electron chi connectivity index (χ2n) is 7.26. The summed E-state index contributed by atoms with van der Waals surface area (Å²) >= 11 is 0. The van der Waals surface area contributed by atoms with Gasteiger partial charge in [0.05, 0.1) is 13.7 Å². The highest BCUT2D eigenvalue weighted by Gasteiger charge is 2.42. The summed E-state index contributed by atoms with van der Waals surface area (Å²) in [6.07, 6.45) is 2.76. The Hall–Kier alpha value is -4.14. The number of carbonyl (C=O) groups is 2. The molecule has 182 valence electrons. The number of esters is 2. The molecule has 1 N–H and O–H groups in total. The Morgan fingerprint density at radius 1 is 0.886 bits per heavy atom. The van der Waals surface area contributed by atoms with Crippen molar-refractivity contribution in [3.05, 3.63) is 107 Å². The minimum absolute atomic E-state index is 0.0940. The van der Waals surface area contributed by atoms with E-state index in [1.165, 1.54) is 31.2 Å². The van der Waals surface area contributed by atoms with Crippen LogP contribution in [0.1, 0.15) is 28.4 Å². The van der Waals surface area contributed by atoms with Crippen LogP contribution in [-0.2, 0) is 19.8 Å². The molecule has 0 aliphatic carbocycles. The third kappa shape index (κ3) is 5.03. The first-order valence-electron chi connectivity index (χ1n) is 10.5. The van der Waals surface area contributed by atoms with E-state index in [9.17, 15) is 18.4 Å². The van der Waals surface area contributed by atoms with Gasteiger partial charge in [-0.15, -0.1) is 0 Å². The molecule has 0 saturated carbocycles. The van der Waals surface area contributed by atoms with Gasteiger partial charge < -0.3 is 14.8 Å². The van der Waals surface area contributed by atoms with Gasteiger partial charge in [0.25, 0.3) is 0 Å². The lowest BCUT2D eigenvalue weighted by atomic mass is 9.88. The standard InChI is InChI=1S/C26H21F4NO4/c1-3-35-25(33)26(17-12-8-5-9-13-17,15-14-16-10-6-4-7-11-16)31-23-21(29)19(27)18(24(32)34-2)20(28)22(23)30/h4-15,31H,3H2,1-2H3/b15-14+. The Labute approximate surface area is 199 Å². The lowest BCUT2D eigenvalue weighted by Gasteiger charge is -2.31. The van der Waals surface area contributed by atoms with Gasteiger partial charge in [-0.25, -0.2) is 27.2 Å². The van der Waals surface area contributed by atoms with Crippen molar-refractivity contribution in [1.29, 1.82) is 0 Å². The fourth-order valence-corrected chi connectivity index (χ4v) is 3.40. The highest BCUT2D eigenvalue weighted by molar-refractivity contribution is 5.92. The first-order valence-corrected chi connectivity index (χ1v) is 10.5. The number of benzene rings is 3. The smallest absolute Gasteiger partial charge is 0.344 e. The van der Waals surface area contributed by atoms with Crippen LogP contribution in [-0.4, -0.2) is 25.7 Å². The van der Waals surface area contributed by atoms with Crippen LogP contribution in [0.25, 0.3) is 6.08 Å². The highest BCUT2D eigenvalue weighted by Crippen LogP contribution is 2.36. The number of hydrogen-bond acceptors (Lipinski definition) is 5. The number of methoxy groups -OCH3 is 1. The van der Waals surface area contributed by atoms with Gasteiger partial charge in [0, 0.05) is 0 Å². The summed E-state index contributed by atoms with van der Waals surface area (Å²) in [5, 5.41) is 2.32. The molecule has 0 aliphatic heterocycles. The molecule has 3 aromatic carbocycles. The predicted octanol–water partition coefficient (Wildman–Crippen LogP) is 5.61. The summed E-state index contributed by atoms with van der Waals surface area (Å²) in [5.41, 5.74) is -4.15. The van der Waals surface area contributed by atoms with Crippen LogP contribution >= 0.6 is 0 Å². The molecule has 1 atom stereocenters. The van der Waals surface area contributed by atoms with Crippen molar-refractivity contribution in [3.8, 4) is 0 Å². The zero-order valence-corrected chi connectivity index (χ0v) is 18.8. The SMILES string of the molecule is CCOC(=O)C(/C=C/c1ccccc1)(Nc1c(F)c(F)c(C(=O)OC)c(F)c1F)c1ccccc1. The highest BCUT2D eigenvalue weighted by atomic mass is 19.2. The Kier molecular flexibility index (Phi) is 7.91. The molecule has 0 fully saturated rings. The van der Waals surface area contributed by atoms with E-state index in [4.69, 9.17) is 4.74 Å². The van der Waals surface area contributed by atoms with E-state index in [2.05, 4.69) is 10.1 Å². The number of nitrogens with one attached hydrogen (secondary N) is 1. The molecule has 3 aromatic rings. The number of rotatable bonds is 8. The number of hydrogen-bond donors (Lipinski definition) is 1. The van der Waals surface area contributed by atoms with Crippen molar-refractivity contribution >= 4 is 23.7 Å². The lowest BCUT2D eigenvalue weighted by Crippen LogP contribution is -2.44. The molecule has 1 unspecified atom stereocenters. The lowest BCUT2D eigenvalue weighted by molar-refractivity contribution is -0.147. The minimum atomic E-state index is -2.11. The third-order valence-electron chi connectivity index (χ3n) is 5.13. The normalized spacial score (nSPS) is 12.7. The van der Waals surface area contributed by atoms with E-state index in [1.807, 2.05) is 0 Å². The fraction of sp³-hybridized carbons (Fsp3) is 0.154. The minimum Gasteiger partial charge on any atom is -0.465 e. The Balaban J connectivity index is 2.28. The predicted molar refractivity (Wildman–Crippen MR) is 121 cm³/mol. The van der Waals surface area contributed by atoms with E-state index in [0.717, 1.165) is 7.11 Å². The largest absolute Gasteiger partial charge is 0.465 e. The zero-order valence-electron chi connectivity index (χ0n) is 18.8. The maximum absolute atomic E-state index is 15.0. The van der Waals surface area contributed by atoms with Gasteiger partial charge in [-0.1, -0.05) is 66.7 Å². The van der Waals surface area contributed by atoms with E-state index in [1.54, 1.807) is 48.5 Å². The molecule has 0 bridgehead atoms. The van der Waals surface area contributed by atoms with Crippen LogP contribution in [0.3, 0.4) is 0 Å². The van der Waals surface area contributed by atoms with Crippen molar-refractivity contribution in [2.45, 2.75) is 12.5 Å². The average Bonchev–Trinajstić information content (AvgIpc) is 2.88. The average molecular weight is 487 g/mol. The molecular weight excluding hydrogens is 466 g/mol. The maximum atomic E-state index is 15.0. The molecule has 0 radical (unpaired) electrons. The van der Waals surface area contributed by atoms with Crippen LogP contribution in [0.2, 0.25) is 0 Å². The van der Waals surface area contributed by atoms with Gasteiger partial charge in [0.1, 0.15) is 11.3 Å². The van der Waals surface area contributed by atoms with Crippen LogP contribution in [0, 0.1) is 23.3 Å². The number of carbonyl (C=O) groups excluding carboxylic acids is 2. The van der Waals surface area contributed by atoms with Crippen molar-refractivity contribution in [2.24, 2.45) is 0 Å². The van der Waals surface area contributed by atoms with Crippen molar-refractivity contribution in [3.63, 3.8) is 0 Å². The summed E-state index contributed by atoms with van der Waals surface area (Å²) in [6, 6.07) is 16.4. The van der Waals surface area contributed by atoms with E-state index in [0.29, 0.717) is 5.56 Å². The Bertz CT molecular complexity index is 1220. The van der Waals surface area contributed by atoms with Crippen molar-refractivity contribution in [2.75, 3.05) is 19.0 Å². The van der Waals surface area contributed by atoms with Gasteiger partial charge in [-0.05, 0) is 24.1 Å². The molecule has 0 heterocycles. The number of halogens is 4. The molecular formula is C26H21F4NO4. The van der Waals surface area contributed by atoms with Gasteiger partial charge >= 0.3 is 11.9 Å². The summed E-state index contributed by atoms with van der Waals surface area (Å²) in [7, 11) is 0.804. The first-order chi connectivity index (χ1) is 16.8. The second kappa shape index (κ2) is 10.9. The molecule has 35 heavy (non-hydrogen) atoms. The Morgan fingerprint density at radius 2 is 1.43 bits per heavy atom. The van der Waals surface area contributed by atoms with Crippen LogP contribution in [0.4, 0.5) is 23.2 Å². The molecule has 0 saturated heterocycles. The second-order valence-corrected chi connectivity index (χ2v) is 7.26. The molecule has 9 heteroatoms. The monoisotopic (exact) mass is 487 g/mol. The van der Waals surface area contributed by atoms with Gasteiger partial charge in [0.2, 0.25) is 0 Å². The topological polar surface area (TPSA) is 64.6 Å². The third-order valence-corrected chi connectivity index (χ3v) is 5.13. The summed E-state index contributed by atoms with van der Waals surface area (Å²) in [5.74, 6) is -10.4. The van der Waals surface area contributed by atoms with Gasteiger partial charge in [-0.3, -0.25) is 0 Å². The molecule has 0 spiro atoms. The Morgan fingerprint density at radius 3 is 1.94 bits per heavy atom. The van der Waals surface area contributed by atoms with E-state index in [-0.39, 0.29) is 12.2 Å². The van der Waals surface area contributed by atoms with Gasteiger partial charge in [0.15, 0.2) is 28.8 Å². The van der Waals surface area contributed by atoms with E-state index >= 15 is 8.78 Å². The number of anilines is 1. The molecule has 0 amide bonds. The van der Waals surface area contributed by atoms with Crippen LogP contribution in [0.5, 0.6) is 0 Å².